The van der Waals surface area contributed by atoms with E-state index < -0.39 is 0 Å². The molecule has 3 nitrogen and oxygen atoms in total. The van der Waals surface area contributed by atoms with Crippen molar-refractivity contribution in [2.45, 2.75) is 33.0 Å². The Morgan fingerprint density at radius 3 is 2.42 bits per heavy atom. The zero-order valence-corrected chi connectivity index (χ0v) is 11.6. The quantitative estimate of drug-likeness (QED) is 0.834. The molecule has 0 aliphatic heterocycles. The Bertz CT molecular complexity index is 518. The summed E-state index contributed by atoms with van der Waals surface area (Å²) in [6, 6.07) is 13.7. The van der Waals surface area contributed by atoms with Gasteiger partial charge in [-0.2, -0.15) is 0 Å². The van der Waals surface area contributed by atoms with Gasteiger partial charge in [0.25, 0.3) is 5.88 Å². The maximum atomic E-state index is 5.79. The van der Waals surface area contributed by atoms with E-state index in [9.17, 15) is 0 Å². The van der Waals surface area contributed by atoms with Gasteiger partial charge in [-0.15, -0.1) is 0 Å². The number of pyridine rings is 1. The average Bonchev–Trinajstić information content (AvgIpc) is 2.37. The van der Waals surface area contributed by atoms with Crippen LogP contribution in [0.5, 0.6) is 11.6 Å². The first kappa shape index (κ1) is 13.4. The van der Waals surface area contributed by atoms with Gasteiger partial charge in [-0.25, -0.2) is 4.98 Å². The van der Waals surface area contributed by atoms with Crippen LogP contribution in [0.3, 0.4) is 0 Å². The highest BCUT2D eigenvalue weighted by molar-refractivity contribution is 5.33. The van der Waals surface area contributed by atoms with Crippen LogP contribution in [-0.2, 0) is 6.61 Å². The smallest absolute Gasteiger partial charge is 0.257 e. The molecule has 3 heteroatoms. The molecule has 0 radical (unpaired) electrons. The highest BCUT2D eigenvalue weighted by atomic mass is 16.5. The van der Waals surface area contributed by atoms with Crippen molar-refractivity contribution in [2.75, 3.05) is 0 Å². The number of nitrogens with zero attached hydrogens (tertiary/aromatic N) is 1. The Kier molecular flexibility index (Phi) is 4.05. The van der Waals surface area contributed by atoms with Crippen LogP contribution in [0, 0.1) is 0 Å². The van der Waals surface area contributed by atoms with Crippen molar-refractivity contribution in [3.05, 3.63) is 54.2 Å². The molecule has 0 saturated carbocycles. The zero-order chi connectivity index (χ0) is 13.7. The summed E-state index contributed by atoms with van der Waals surface area (Å²) in [5.74, 6) is 1.20. The third-order valence-corrected chi connectivity index (χ3v) is 2.38. The second-order valence-electron chi connectivity index (χ2n) is 5.30. The molecule has 0 bridgehead atoms. The summed E-state index contributed by atoms with van der Waals surface area (Å²) in [5.41, 5.74) is 0.826. The van der Waals surface area contributed by atoms with E-state index in [1.165, 1.54) is 0 Å². The maximum absolute atomic E-state index is 5.79. The number of hydrogen-bond donors (Lipinski definition) is 0. The molecule has 0 unspecified atom stereocenters. The molecule has 0 aliphatic rings. The van der Waals surface area contributed by atoms with E-state index >= 15 is 0 Å². The lowest BCUT2D eigenvalue weighted by Crippen LogP contribution is -2.23. The largest absolute Gasteiger partial charge is 0.483 e. The molecule has 1 aromatic carbocycles. The van der Waals surface area contributed by atoms with Gasteiger partial charge in [0.2, 0.25) is 0 Å². The fourth-order valence-corrected chi connectivity index (χ4v) is 1.59. The van der Waals surface area contributed by atoms with E-state index in [1.54, 1.807) is 6.20 Å². The monoisotopic (exact) mass is 257 g/mol. The van der Waals surface area contributed by atoms with E-state index in [-0.39, 0.29) is 5.60 Å². The molecule has 1 heterocycles. The molecule has 0 N–H and O–H groups in total. The van der Waals surface area contributed by atoms with Crippen LogP contribution >= 0.6 is 0 Å². The maximum Gasteiger partial charge on any atom is 0.257 e. The lowest BCUT2D eigenvalue weighted by molar-refractivity contribution is 0.115. The fraction of sp³-hybridized carbons (Fsp3) is 0.312. The number of hydrogen-bond acceptors (Lipinski definition) is 3. The van der Waals surface area contributed by atoms with E-state index in [0.29, 0.717) is 18.2 Å². The minimum atomic E-state index is -0.292. The van der Waals surface area contributed by atoms with Gasteiger partial charge in [0.15, 0.2) is 5.75 Å². The average molecular weight is 257 g/mol. The Morgan fingerprint density at radius 1 is 1.00 bits per heavy atom. The molecular formula is C16H19NO2. The van der Waals surface area contributed by atoms with Crippen molar-refractivity contribution >= 4 is 0 Å². The van der Waals surface area contributed by atoms with Crippen molar-refractivity contribution in [3.63, 3.8) is 0 Å². The van der Waals surface area contributed by atoms with Crippen LogP contribution in [0.2, 0.25) is 0 Å². The molecule has 2 aromatic rings. The molecule has 0 aliphatic carbocycles. The van der Waals surface area contributed by atoms with E-state index in [0.717, 1.165) is 5.56 Å². The molecule has 2 rings (SSSR count). The van der Waals surface area contributed by atoms with Gasteiger partial charge in [0.1, 0.15) is 12.2 Å². The van der Waals surface area contributed by atoms with Gasteiger partial charge in [-0.1, -0.05) is 30.3 Å². The minimum Gasteiger partial charge on any atom is -0.483 e. The molecule has 0 spiro atoms. The highest BCUT2D eigenvalue weighted by Crippen LogP contribution is 2.27. The molecule has 0 atom stereocenters. The number of benzene rings is 1. The summed E-state index contributed by atoms with van der Waals surface area (Å²) in [6.07, 6.45) is 1.70. The number of rotatable bonds is 4. The third-order valence-electron chi connectivity index (χ3n) is 2.38. The normalized spacial score (nSPS) is 11.1. The predicted molar refractivity (Wildman–Crippen MR) is 75.4 cm³/mol. The van der Waals surface area contributed by atoms with Gasteiger partial charge in [0.05, 0.1) is 0 Å². The summed E-state index contributed by atoms with van der Waals surface area (Å²) in [5, 5.41) is 0. The molecule has 0 fully saturated rings. The van der Waals surface area contributed by atoms with Crippen LogP contribution in [0.25, 0.3) is 0 Å². The molecule has 100 valence electrons. The lowest BCUT2D eigenvalue weighted by atomic mass is 10.2. The van der Waals surface area contributed by atoms with Gasteiger partial charge >= 0.3 is 0 Å². The van der Waals surface area contributed by atoms with E-state index in [1.807, 2.05) is 63.2 Å². The first-order valence-electron chi connectivity index (χ1n) is 6.35. The summed E-state index contributed by atoms with van der Waals surface area (Å²) < 4.78 is 11.6. The van der Waals surface area contributed by atoms with Crippen LogP contribution < -0.4 is 9.47 Å². The Labute approximate surface area is 114 Å². The third kappa shape index (κ3) is 4.28. The fourth-order valence-electron chi connectivity index (χ4n) is 1.59. The van der Waals surface area contributed by atoms with Crippen molar-refractivity contribution in [1.29, 1.82) is 0 Å². The summed E-state index contributed by atoms with van der Waals surface area (Å²) in [7, 11) is 0. The number of aromatic nitrogens is 1. The van der Waals surface area contributed by atoms with Gasteiger partial charge < -0.3 is 9.47 Å². The molecule has 0 saturated heterocycles. The topological polar surface area (TPSA) is 31.4 Å². The second-order valence-corrected chi connectivity index (χ2v) is 5.30. The summed E-state index contributed by atoms with van der Waals surface area (Å²) >= 11 is 0. The first-order chi connectivity index (χ1) is 9.04. The van der Waals surface area contributed by atoms with Gasteiger partial charge in [0, 0.05) is 6.20 Å². The van der Waals surface area contributed by atoms with Crippen LogP contribution in [-0.4, -0.2) is 10.6 Å². The summed E-state index contributed by atoms with van der Waals surface area (Å²) in [4.78, 5) is 4.23. The van der Waals surface area contributed by atoms with E-state index in [4.69, 9.17) is 9.47 Å². The minimum absolute atomic E-state index is 0.292. The standard InChI is InChI=1S/C16H19NO2/c1-16(2,3)19-15-14(10-7-11-17-15)18-12-13-8-5-4-6-9-13/h4-11H,12H2,1-3H3. The van der Waals surface area contributed by atoms with Crippen molar-refractivity contribution < 1.29 is 9.47 Å². The lowest BCUT2D eigenvalue weighted by Gasteiger charge is -2.21. The van der Waals surface area contributed by atoms with Crippen molar-refractivity contribution in [1.82, 2.24) is 4.98 Å². The van der Waals surface area contributed by atoms with Gasteiger partial charge in [-0.05, 0) is 38.5 Å². The molecule has 0 amide bonds. The molecule has 19 heavy (non-hydrogen) atoms. The predicted octanol–water partition coefficient (Wildman–Crippen LogP) is 3.84. The van der Waals surface area contributed by atoms with Crippen LogP contribution in [0.1, 0.15) is 26.3 Å². The zero-order valence-electron chi connectivity index (χ0n) is 11.6. The first-order valence-corrected chi connectivity index (χ1v) is 6.35. The Balaban J connectivity index is 2.08. The van der Waals surface area contributed by atoms with Crippen LogP contribution in [0.15, 0.2) is 48.7 Å². The Morgan fingerprint density at radius 2 is 1.74 bits per heavy atom. The SMILES string of the molecule is CC(C)(C)Oc1ncccc1OCc1ccccc1. The molecular weight excluding hydrogens is 238 g/mol. The Hall–Kier alpha value is -2.03. The molecule has 1 aromatic heterocycles. The highest BCUT2D eigenvalue weighted by Gasteiger charge is 2.16. The summed E-state index contributed by atoms with van der Waals surface area (Å²) in [6.45, 7) is 6.47. The van der Waals surface area contributed by atoms with Gasteiger partial charge in [-0.3, -0.25) is 0 Å². The number of ether oxygens (including phenoxy) is 2. The van der Waals surface area contributed by atoms with Crippen molar-refractivity contribution in [3.8, 4) is 11.6 Å². The second kappa shape index (κ2) is 5.74. The van der Waals surface area contributed by atoms with Crippen molar-refractivity contribution in [2.24, 2.45) is 0 Å². The van der Waals surface area contributed by atoms with Crippen LogP contribution in [0.4, 0.5) is 0 Å². The van der Waals surface area contributed by atoms with E-state index in [2.05, 4.69) is 4.98 Å².